The predicted molar refractivity (Wildman–Crippen MR) is 165 cm³/mol. The van der Waals surface area contributed by atoms with E-state index in [1.54, 1.807) is 12.5 Å². The summed E-state index contributed by atoms with van der Waals surface area (Å²) in [6, 6.07) is 0. The second-order valence-electron chi connectivity index (χ2n) is 17.9. The first kappa shape index (κ1) is 32.4. The summed E-state index contributed by atoms with van der Waals surface area (Å²) in [6.45, 7) is 18.5. The van der Waals surface area contributed by atoms with Crippen LogP contribution in [0.3, 0.4) is 0 Å². The highest BCUT2D eigenvalue weighted by molar-refractivity contribution is 5.34. The molecule has 1 heterocycles. The Hall–Kier alpha value is -0.540. The predicted octanol–water partition coefficient (Wildman–Crippen LogP) is 4.96. The van der Waals surface area contributed by atoms with Gasteiger partial charge in [-0.25, -0.2) is 0 Å². The molecular formula is C36H60O7. The molecule has 1 saturated heterocycles. The average Bonchev–Trinajstić information content (AvgIpc) is 2.94. The molecule has 0 aromatic rings. The maximum Gasteiger partial charge on any atom is 0.186 e. The van der Waals surface area contributed by atoms with E-state index in [1.165, 1.54) is 0 Å². The van der Waals surface area contributed by atoms with Gasteiger partial charge in [0.05, 0.1) is 24.9 Å². The van der Waals surface area contributed by atoms with Gasteiger partial charge in [0.15, 0.2) is 6.29 Å². The summed E-state index contributed by atoms with van der Waals surface area (Å²) in [4.78, 5) is 0. The van der Waals surface area contributed by atoms with Crippen LogP contribution in [-0.2, 0) is 9.47 Å². The number of allylic oxidation sites excluding steroid dienone is 2. The van der Waals surface area contributed by atoms with E-state index in [0.29, 0.717) is 17.8 Å². The molecule has 15 atom stereocenters. The molecule has 0 amide bonds. The molecule has 6 aliphatic rings. The number of aliphatic hydroxyl groups is 5. The number of hydrogen-bond donors (Lipinski definition) is 5. The van der Waals surface area contributed by atoms with Gasteiger partial charge in [-0.05, 0) is 104 Å². The Bertz CT molecular complexity index is 1120. The van der Waals surface area contributed by atoms with E-state index in [2.05, 4.69) is 54.5 Å². The second-order valence-corrected chi connectivity index (χ2v) is 17.9. The van der Waals surface area contributed by atoms with Crippen molar-refractivity contribution in [3.05, 3.63) is 11.6 Å². The Morgan fingerprint density at radius 2 is 1.51 bits per heavy atom. The molecule has 0 bridgehead atoms. The Morgan fingerprint density at radius 3 is 2.19 bits per heavy atom. The second kappa shape index (κ2) is 10.2. The van der Waals surface area contributed by atoms with E-state index >= 15 is 0 Å². The topological polar surface area (TPSA) is 120 Å². The van der Waals surface area contributed by atoms with Gasteiger partial charge in [0, 0.05) is 10.8 Å². The maximum atomic E-state index is 11.1. The minimum Gasteiger partial charge on any atom is -0.396 e. The molecular weight excluding hydrogens is 544 g/mol. The molecule has 0 aromatic heterocycles. The number of rotatable bonds is 3. The highest BCUT2D eigenvalue weighted by Gasteiger charge is 2.69. The monoisotopic (exact) mass is 604 g/mol. The van der Waals surface area contributed by atoms with E-state index in [0.717, 1.165) is 57.8 Å². The summed E-state index contributed by atoms with van der Waals surface area (Å²) in [5.74, 6) is 1.15. The zero-order valence-corrected chi connectivity index (χ0v) is 28.0. The van der Waals surface area contributed by atoms with Crippen LogP contribution in [0, 0.1) is 50.2 Å². The van der Waals surface area contributed by atoms with Gasteiger partial charge in [-0.2, -0.15) is 0 Å². The molecule has 246 valence electrons. The van der Waals surface area contributed by atoms with Crippen molar-refractivity contribution in [1.82, 2.24) is 0 Å². The van der Waals surface area contributed by atoms with Crippen LogP contribution in [0.4, 0.5) is 0 Å². The molecule has 5 aliphatic carbocycles. The van der Waals surface area contributed by atoms with Gasteiger partial charge in [0.25, 0.3) is 0 Å². The molecule has 6 rings (SSSR count). The third-order valence-corrected chi connectivity index (χ3v) is 15.3. The molecule has 0 aromatic carbocycles. The van der Waals surface area contributed by atoms with Crippen molar-refractivity contribution in [3.63, 3.8) is 0 Å². The average molecular weight is 605 g/mol. The van der Waals surface area contributed by atoms with Crippen molar-refractivity contribution in [3.8, 4) is 0 Å². The molecule has 7 heteroatoms. The van der Waals surface area contributed by atoms with Gasteiger partial charge in [0.1, 0.15) is 18.3 Å². The highest BCUT2D eigenvalue weighted by Crippen LogP contribution is 2.75. The minimum absolute atomic E-state index is 0.0289. The van der Waals surface area contributed by atoms with Gasteiger partial charge in [-0.15, -0.1) is 0 Å². The molecule has 0 unspecified atom stereocenters. The molecule has 7 nitrogen and oxygen atoms in total. The van der Waals surface area contributed by atoms with Crippen molar-refractivity contribution in [2.45, 2.75) is 156 Å². The van der Waals surface area contributed by atoms with Crippen molar-refractivity contribution in [1.29, 1.82) is 0 Å². The van der Waals surface area contributed by atoms with Crippen LogP contribution in [0.15, 0.2) is 11.6 Å². The summed E-state index contributed by atoms with van der Waals surface area (Å²) >= 11 is 0. The molecule has 5 fully saturated rings. The molecule has 0 spiro atoms. The zero-order chi connectivity index (χ0) is 31.5. The molecule has 43 heavy (non-hydrogen) atoms. The van der Waals surface area contributed by atoms with E-state index in [9.17, 15) is 25.5 Å². The number of ether oxygens (including phenoxy) is 2. The summed E-state index contributed by atoms with van der Waals surface area (Å²) in [6.07, 6.45) is 5.69. The zero-order valence-electron chi connectivity index (χ0n) is 28.0. The molecule has 1 aliphatic heterocycles. The summed E-state index contributed by atoms with van der Waals surface area (Å²) in [7, 11) is 0. The van der Waals surface area contributed by atoms with E-state index in [-0.39, 0.29) is 39.8 Å². The lowest BCUT2D eigenvalue weighted by Crippen LogP contribution is -2.66. The fraction of sp³-hybridized carbons (Fsp3) is 0.944. The van der Waals surface area contributed by atoms with Crippen LogP contribution in [0.5, 0.6) is 0 Å². The fourth-order valence-corrected chi connectivity index (χ4v) is 12.2. The van der Waals surface area contributed by atoms with E-state index in [1.807, 2.05) is 0 Å². The van der Waals surface area contributed by atoms with Crippen molar-refractivity contribution in [2.24, 2.45) is 50.2 Å². The van der Waals surface area contributed by atoms with Gasteiger partial charge in [-0.1, -0.05) is 60.1 Å². The van der Waals surface area contributed by atoms with Crippen LogP contribution in [0.2, 0.25) is 0 Å². The van der Waals surface area contributed by atoms with E-state index < -0.39 is 42.2 Å². The van der Waals surface area contributed by atoms with Crippen molar-refractivity contribution in [2.75, 3.05) is 6.61 Å². The Balaban J connectivity index is 1.34. The largest absolute Gasteiger partial charge is 0.396 e. The lowest BCUT2D eigenvalue weighted by atomic mass is 9.33. The molecule has 0 radical (unpaired) electrons. The third-order valence-electron chi connectivity index (χ3n) is 15.3. The SMILES string of the molecule is C[C@H]1O[C@@H](O[C@@H]2CC(C)(C)C[C@H]3C4=CC[C@@H]5[C@@]6(C)CC[C@@H](O)[C@@](C)(CO)[C@H]6CC[C@@]5(C)[C@]4(C)CC[C@@]23C)[C@@H](O)[C@@H](O)[C@@H]1O. The van der Waals surface area contributed by atoms with Crippen LogP contribution in [-0.4, -0.2) is 75.1 Å². The summed E-state index contributed by atoms with van der Waals surface area (Å²) < 4.78 is 12.7. The first-order valence-electron chi connectivity index (χ1n) is 17.2. The normalized spacial score (nSPS) is 57.9. The van der Waals surface area contributed by atoms with Gasteiger partial charge >= 0.3 is 0 Å². The lowest BCUT2D eigenvalue weighted by molar-refractivity contribution is -0.323. The molecule has 4 saturated carbocycles. The van der Waals surface area contributed by atoms with Crippen molar-refractivity contribution < 1.29 is 35.0 Å². The Labute approximate surface area is 259 Å². The van der Waals surface area contributed by atoms with Gasteiger partial charge in [-0.3, -0.25) is 0 Å². The first-order valence-corrected chi connectivity index (χ1v) is 17.2. The van der Waals surface area contributed by atoms with Crippen molar-refractivity contribution >= 4 is 0 Å². The van der Waals surface area contributed by atoms with Gasteiger partial charge in [0.2, 0.25) is 0 Å². The standard InChI is InChI=1S/C36H60O7/c1-20-27(39)28(40)29(41)30(42-20)43-26-18-31(2,3)17-22-21-9-10-24-33(5)13-12-25(38)34(6,19-37)23(33)11-14-36(24,8)35(21,7)16-15-32(22,26)4/h9,20,22-30,37-41H,10-19H2,1-8H3/t20-,22+,23+,24-,25-,26-,27-,28+,29+,30+,32-,33+,34+,35-,36-/m1/s1. The number of fused-ring (bicyclic) bond motifs is 7. The molecule has 5 N–H and O–H groups in total. The highest BCUT2D eigenvalue weighted by atomic mass is 16.7. The Morgan fingerprint density at radius 1 is 0.814 bits per heavy atom. The fourth-order valence-electron chi connectivity index (χ4n) is 12.2. The van der Waals surface area contributed by atoms with Crippen LogP contribution in [0.1, 0.15) is 113 Å². The Kier molecular flexibility index (Phi) is 7.71. The maximum absolute atomic E-state index is 11.1. The summed E-state index contributed by atoms with van der Waals surface area (Å²) in [5.41, 5.74) is 1.28. The van der Waals surface area contributed by atoms with Gasteiger partial charge < -0.3 is 35.0 Å². The number of hydrogen-bond acceptors (Lipinski definition) is 7. The van der Waals surface area contributed by atoms with Crippen LogP contribution < -0.4 is 0 Å². The summed E-state index contributed by atoms with van der Waals surface area (Å²) in [5, 5.41) is 53.2. The van der Waals surface area contributed by atoms with E-state index in [4.69, 9.17) is 9.47 Å². The smallest absolute Gasteiger partial charge is 0.186 e. The quantitative estimate of drug-likeness (QED) is 0.289. The van der Waals surface area contributed by atoms with Crippen LogP contribution >= 0.6 is 0 Å². The van der Waals surface area contributed by atoms with Crippen LogP contribution in [0.25, 0.3) is 0 Å². The number of aliphatic hydroxyl groups excluding tert-OH is 5. The third kappa shape index (κ3) is 4.38. The lowest BCUT2D eigenvalue weighted by Gasteiger charge is -2.72. The first-order chi connectivity index (χ1) is 19.9. The minimum atomic E-state index is -1.30.